The zero-order chi connectivity index (χ0) is 18.7. The summed E-state index contributed by atoms with van der Waals surface area (Å²) in [6.45, 7) is -0.526. The Hall–Kier alpha value is -1.09. The van der Waals surface area contributed by atoms with Gasteiger partial charge in [-0.2, -0.15) is 0 Å². The maximum Gasteiger partial charge on any atom is 0.189 e. The second-order valence-electron chi connectivity index (χ2n) is 5.81. The van der Waals surface area contributed by atoms with Gasteiger partial charge in [0.2, 0.25) is 0 Å². The predicted molar refractivity (Wildman–Crippen MR) is 77.5 cm³/mol. The number of nitrogens with two attached hydrogens (primary N) is 1. The largest absolute Gasteiger partial charge is 0.388 e. The van der Waals surface area contributed by atoms with Crippen LogP contribution < -0.4 is 5.73 Å². The fourth-order valence-electron chi connectivity index (χ4n) is 2.65. The first-order valence-corrected chi connectivity index (χ1v) is 7.57. The van der Waals surface area contributed by atoms with E-state index in [1.165, 1.54) is 0 Å². The van der Waals surface area contributed by atoms with Crippen molar-refractivity contribution < 1.29 is 44.8 Å². The Morgan fingerprint density at radius 2 is 1.32 bits per heavy atom. The molecular formula is C12H22N4O9. The van der Waals surface area contributed by atoms with E-state index in [1.807, 2.05) is 0 Å². The van der Waals surface area contributed by atoms with Gasteiger partial charge >= 0.3 is 0 Å². The Bertz CT molecular complexity index is 491. The Balaban J connectivity index is 2.09. The summed E-state index contributed by atoms with van der Waals surface area (Å²) in [6.07, 6.45) is -15.0. The van der Waals surface area contributed by atoms with Crippen LogP contribution in [0.4, 0.5) is 0 Å². The minimum absolute atomic E-state index is 0.181. The van der Waals surface area contributed by atoms with Crippen LogP contribution in [0.3, 0.4) is 0 Å². The lowest BCUT2D eigenvalue weighted by Gasteiger charge is -2.44. The highest BCUT2D eigenvalue weighted by molar-refractivity contribution is 4.93. The highest BCUT2D eigenvalue weighted by atomic mass is 16.8. The summed E-state index contributed by atoms with van der Waals surface area (Å²) >= 11 is 0. The van der Waals surface area contributed by atoms with Crippen molar-refractivity contribution in [3.63, 3.8) is 0 Å². The SMILES string of the molecule is [N-]=[N+]=NC[C@H]1O[C@H](O[C@H]2O[C@H](CN)[C@@H](O)[C@H](O)[C@H]2O)[C@H](O)[C@@H](O)[C@@H]1O. The van der Waals surface area contributed by atoms with Gasteiger partial charge in [-0.15, -0.1) is 0 Å². The van der Waals surface area contributed by atoms with Crippen LogP contribution in [0.1, 0.15) is 0 Å². The van der Waals surface area contributed by atoms with Crippen molar-refractivity contribution in [1.29, 1.82) is 0 Å². The summed E-state index contributed by atoms with van der Waals surface area (Å²) in [6, 6.07) is 0. The van der Waals surface area contributed by atoms with Crippen LogP contribution in [0.25, 0.3) is 10.4 Å². The van der Waals surface area contributed by atoms with E-state index in [1.54, 1.807) is 0 Å². The van der Waals surface area contributed by atoms with Crippen LogP contribution >= 0.6 is 0 Å². The first-order chi connectivity index (χ1) is 11.8. The van der Waals surface area contributed by atoms with Crippen molar-refractivity contribution in [3.05, 3.63) is 10.4 Å². The second-order valence-corrected chi connectivity index (χ2v) is 5.81. The number of ether oxygens (including phenoxy) is 3. The van der Waals surface area contributed by atoms with E-state index in [2.05, 4.69) is 10.0 Å². The fourth-order valence-corrected chi connectivity index (χ4v) is 2.65. The number of rotatable bonds is 5. The molecule has 2 aliphatic heterocycles. The number of nitrogens with zero attached hydrogens (tertiary/aromatic N) is 3. The number of hydrogen-bond acceptors (Lipinski definition) is 11. The fraction of sp³-hybridized carbons (Fsp3) is 1.00. The van der Waals surface area contributed by atoms with Crippen LogP contribution in [0, 0.1) is 0 Å². The molecule has 13 heteroatoms. The van der Waals surface area contributed by atoms with E-state index < -0.39 is 61.4 Å². The number of hydrogen-bond donors (Lipinski definition) is 7. The summed E-state index contributed by atoms with van der Waals surface area (Å²) in [5.74, 6) is 0. The Morgan fingerprint density at radius 3 is 1.80 bits per heavy atom. The summed E-state index contributed by atoms with van der Waals surface area (Å²) in [4.78, 5) is 2.51. The molecule has 0 aromatic rings. The monoisotopic (exact) mass is 366 g/mol. The third-order valence-corrected chi connectivity index (χ3v) is 4.16. The molecule has 10 atom stereocenters. The van der Waals surface area contributed by atoms with Crippen LogP contribution in [-0.4, -0.2) is 105 Å². The zero-order valence-corrected chi connectivity index (χ0v) is 13.0. The van der Waals surface area contributed by atoms with Gasteiger partial charge in [0, 0.05) is 11.5 Å². The zero-order valence-electron chi connectivity index (χ0n) is 13.0. The molecule has 0 unspecified atom stereocenters. The lowest BCUT2D eigenvalue weighted by Crippen LogP contribution is -2.64. The number of aliphatic hydroxyl groups excluding tert-OH is 6. The third kappa shape index (κ3) is 4.19. The lowest BCUT2D eigenvalue weighted by molar-refractivity contribution is -0.371. The summed E-state index contributed by atoms with van der Waals surface area (Å²) in [5.41, 5.74) is 13.7. The average molecular weight is 366 g/mol. The molecule has 0 aromatic carbocycles. The highest BCUT2D eigenvalue weighted by Gasteiger charge is 2.49. The lowest BCUT2D eigenvalue weighted by atomic mass is 9.98. The Morgan fingerprint density at radius 1 is 0.840 bits per heavy atom. The molecule has 0 amide bonds. The molecule has 144 valence electrons. The van der Waals surface area contributed by atoms with Gasteiger partial charge in [0.15, 0.2) is 12.6 Å². The van der Waals surface area contributed by atoms with E-state index in [0.717, 1.165) is 0 Å². The van der Waals surface area contributed by atoms with Crippen molar-refractivity contribution in [2.24, 2.45) is 10.8 Å². The van der Waals surface area contributed by atoms with Crippen molar-refractivity contribution in [3.8, 4) is 0 Å². The van der Waals surface area contributed by atoms with Crippen LogP contribution in [0.15, 0.2) is 5.11 Å². The highest BCUT2D eigenvalue weighted by Crippen LogP contribution is 2.28. The number of aliphatic hydroxyl groups is 6. The topological polar surface area (TPSA) is 224 Å². The molecule has 2 aliphatic rings. The molecule has 2 fully saturated rings. The van der Waals surface area contributed by atoms with Crippen LogP contribution in [-0.2, 0) is 14.2 Å². The van der Waals surface area contributed by atoms with Crippen LogP contribution in [0.5, 0.6) is 0 Å². The van der Waals surface area contributed by atoms with E-state index >= 15 is 0 Å². The molecule has 25 heavy (non-hydrogen) atoms. The minimum atomic E-state index is -1.71. The standard InChI is InChI=1S/C12H22N4O9/c13-1-3-5(17)7(19)9(21)11(23-3)25-12-10(22)8(20)6(18)4(24-12)2-15-16-14/h3-12,17-22H,1-2,13H2/t3-,4-,5-,6-,7+,8+,9-,10-,11-,12-/m1/s1. The molecule has 8 N–H and O–H groups in total. The van der Waals surface area contributed by atoms with E-state index in [4.69, 9.17) is 25.5 Å². The molecule has 0 aliphatic carbocycles. The molecule has 13 nitrogen and oxygen atoms in total. The molecule has 0 bridgehead atoms. The molecule has 0 aromatic heterocycles. The van der Waals surface area contributed by atoms with Gasteiger partial charge in [-0.3, -0.25) is 0 Å². The van der Waals surface area contributed by atoms with E-state index in [9.17, 15) is 30.6 Å². The first-order valence-electron chi connectivity index (χ1n) is 7.57. The summed E-state index contributed by atoms with van der Waals surface area (Å²) < 4.78 is 15.7. The number of azide groups is 1. The third-order valence-electron chi connectivity index (χ3n) is 4.16. The summed E-state index contributed by atoms with van der Waals surface area (Å²) in [5, 5.41) is 62.4. The van der Waals surface area contributed by atoms with Gasteiger partial charge in [0.25, 0.3) is 0 Å². The molecule has 2 rings (SSSR count). The average Bonchev–Trinajstić information content (AvgIpc) is 2.61. The van der Waals surface area contributed by atoms with Crippen molar-refractivity contribution in [1.82, 2.24) is 0 Å². The molecular weight excluding hydrogens is 344 g/mol. The summed E-state index contributed by atoms with van der Waals surface area (Å²) in [7, 11) is 0. The van der Waals surface area contributed by atoms with Gasteiger partial charge in [-0.1, -0.05) is 5.11 Å². The van der Waals surface area contributed by atoms with Crippen molar-refractivity contribution in [2.75, 3.05) is 13.1 Å². The molecule has 2 heterocycles. The van der Waals surface area contributed by atoms with Crippen LogP contribution in [0.2, 0.25) is 0 Å². The maximum absolute atomic E-state index is 9.97. The molecule has 2 saturated heterocycles. The predicted octanol–water partition coefficient (Wildman–Crippen LogP) is -4.11. The van der Waals surface area contributed by atoms with E-state index in [0.29, 0.717) is 0 Å². The first kappa shape index (κ1) is 20.2. The second kappa shape index (κ2) is 8.53. The van der Waals surface area contributed by atoms with Gasteiger partial charge in [0.05, 0.1) is 12.6 Å². The molecule has 0 radical (unpaired) electrons. The Labute approximate surface area is 141 Å². The minimum Gasteiger partial charge on any atom is -0.388 e. The smallest absolute Gasteiger partial charge is 0.189 e. The van der Waals surface area contributed by atoms with Gasteiger partial charge in [-0.25, -0.2) is 0 Å². The molecule has 0 spiro atoms. The van der Waals surface area contributed by atoms with Crippen molar-refractivity contribution in [2.45, 2.75) is 61.4 Å². The Kier molecular flexibility index (Phi) is 6.90. The molecule has 0 saturated carbocycles. The van der Waals surface area contributed by atoms with Gasteiger partial charge < -0.3 is 50.6 Å². The quantitative estimate of drug-likeness (QED) is 0.141. The maximum atomic E-state index is 9.97. The van der Waals surface area contributed by atoms with Crippen molar-refractivity contribution >= 4 is 0 Å². The van der Waals surface area contributed by atoms with E-state index in [-0.39, 0.29) is 13.1 Å². The van der Waals surface area contributed by atoms with Gasteiger partial charge in [-0.05, 0) is 5.53 Å². The normalized spacial score (nSPS) is 48.0. The van der Waals surface area contributed by atoms with Gasteiger partial charge in [0.1, 0.15) is 42.7 Å².